The van der Waals surface area contributed by atoms with Crippen LogP contribution in [0.1, 0.15) is 13.8 Å². The summed E-state index contributed by atoms with van der Waals surface area (Å²) >= 11 is 0. The molecule has 0 atom stereocenters. The molecule has 0 rings (SSSR count). The maximum Gasteiger partial charge on any atom is 0.473 e. The quantitative estimate of drug-likeness (QED) is 0.473. The average Bonchev–Trinajstić information content (AvgIpc) is 1.21. The lowest BCUT2D eigenvalue weighted by molar-refractivity contribution is -0.165. The van der Waals surface area contributed by atoms with Crippen molar-refractivity contribution in [3.8, 4) is 0 Å². The number of halogens is 3. The van der Waals surface area contributed by atoms with Crippen LogP contribution in [0, 0.1) is 0 Å². The maximum atomic E-state index is 11.1. The van der Waals surface area contributed by atoms with E-state index < -0.39 is 12.3 Å². The maximum absolute atomic E-state index is 11.1. The summed E-state index contributed by atoms with van der Waals surface area (Å²) in [5.74, 6) is 0. The van der Waals surface area contributed by atoms with Gasteiger partial charge < -0.3 is 0 Å². The molecular weight excluding hydrogens is 119 g/mol. The van der Waals surface area contributed by atoms with Crippen molar-refractivity contribution in [2.45, 2.75) is 26.2 Å². The van der Waals surface area contributed by atoms with E-state index in [0.717, 1.165) is 0 Å². The van der Waals surface area contributed by atoms with Gasteiger partial charge in [0.05, 0.1) is 0 Å². The molecule has 0 aliphatic rings. The van der Waals surface area contributed by atoms with Crippen LogP contribution < -0.4 is 5.32 Å². The van der Waals surface area contributed by atoms with E-state index in [1.165, 1.54) is 13.8 Å². The van der Waals surface area contributed by atoms with Crippen LogP contribution in [0.5, 0.6) is 0 Å². The van der Waals surface area contributed by atoms with Crippen molar-refractivity contribution in [3.63, 3.8) is 0 Å². The monoisotopic (exact) mass is 126 g/mol. The lowest BCUT2D eigenvalue weighted by atomic mass is 10.4. The van der Waals surface area contributed by atoms with Gasteiger partial charge >= 0.3 is 6.30 Å². The molecule has 0 aliphatic heterocycles. The molecule has 0 saturated heterocycles. The molecule has 0 unspecified atom stereocenters. The largest absolute Gasteiger partial charge is 0.473 e. The standard InChI is InChI=1S/C4H7F3N/c1-3(2)8-4(5,6)7/h3H,1-2H3. The predicted octanol–water partition coefficient (Wildman–Crippen LogP) is 1.52. The Morgan fingerprint density at radius 2 is 1.62 bits per heavy atom. The third kappa shape index (κ3) is 5.75. The highest BCUT2D eigenvalue weighted by Crippen LogP contribution is 2.12. The fourth-order valence-electron chi connectivity index (χ4n) is 0.293. The molecule has 1 radical (unpaired) electrons. The van der Waals surface area contributed by atoms with E-state index in [-0.39, 0.29) is 0 Å². The van der Waals surface area contributed by atoms with E-state index >= 15 is 0 Å². The van der Waals surface area contributed by atoms with Crippen LogP contribution in [0.2, 0.25) is 0 Å². The molecule has 0 aromatic rings. The summed E-state index contributed by atoms with van der Waals surface area (Å²) in [4.78, 5) is 0. The lowest BCUT2D eigenvalue weighted by Gasteiger charge is -2.07. The molecular formula is C4H7F3N. The normalized spacial score (nSPS) is 12.8. The van der Waals surface area contributed by atoms with E-state index in [4.69, 9.17) is 0 Å². The van der Waals surface area contributed by atoms with Gasteiger partial charge in [0.25, 0.3) is 0 Å². The molecule has 0 N–H and O–H groups in total. The average molecular weight is 126 g/mol. The highest BCUT2D eigenvalue weighted by molar-refractivity contribution is 4.52. The summed E-state index contributed by atoms with van der Waals surface area (Å²) in [5, 5.41) is 2.41. The fourth-order valence-corrected chi connectivity index (χ4v) is 0.293. The van der Waals surface area contributed by atoms with Crippen molar-refractivity contribution in [3.05, 3.63) is 0 Å². The second-order valence-corrected chi connectivity index (χ2v) is 1.69. The van der Waals surface area contributed by atoms with Gasteiger partial charge in [-0.3, -0.25) is 0 Å². The van der Waals surface area contributed by atoms with Gasteiger partial charge in [-0.1, -0.05) is 0 Å². The van der Waals surface area contributed by atoms with Gasteiger partial charge in [-0.05, 0) is 13.8 Å². The van der Waals surface area contributed by atoms with Crippen LogP contribution in [0.4, 0.5) is 13.2 Å². The summed E-state index contributed by atoms with van der Waals surface area (Å²) in [6, 6.07) is -0.657. The molecule has 0 amide bonds. The minimum absolute atomic E-state index is 0.657. The number of hydrogen-bond acceptors (Lipinski definition) is 0. The molecule has 0 aromatic heterocycles. The van der Waals surface area contributed by atoms with Gasteiger partial charge in [0.1, 0.15) is 0 Å². The van der Waals surface area contributed by atoms with Gasteiger partial charge in [0.15, 0.2) is 0 Å². The summed E-state index contributed by atoms with van der Waals surface area (Å²) in [7, 11) is 0. The number of nitrogens with zero attached hydrogens (tertiary/aromatic N) is 1. The molecule has 0 spiro atoms. The number of alkyl halides is 3. The highest BCUT2D eigenvalue weighted by atomic mass is 19.4. The Labute approximate surface area is 45.9 Å². The van der Waals surface area contributed by atoms with Gasteiger partial charge in [-0.2, -0.15) is 13.2 Å². The number of rotatable bonds is 1. The molecule has 4 heteroatoms. The Morgan fingerprint density at radius 1 is 1.25 bits per heavy atom. The SMILES string of the molecule is CC(C)[N]C(F)(F)F. The molecule has 0 fully saturated rings. The highest BCUT2D eigenvalue weighted by Gasteiger charge is 2.29. The van der Waals surface area contributed by atoms with Crippen LogP contribution >= 0.6 is 0 Å². The molecule has 8 heavy (non-hydrogen) atoms. The Morgan fingerprint density at radius 3 is 1.62 bits per heavy atom. The van der Waals surface area contributed by atoms with Gasteiger partial charge in [0, 0.05) is 6.04 Å². The Balaban J connectivity index is 3.39. The first kappa shape index (κ1) is 7.75. The van der Waals surface area contributed by atoms with Crippen molar-refractivity contribution in [1.82, 2.24) is 5.32 Å². The zero-order chi connectivity index (χ0) is 6.78. The summed E-state index contributed by atoms with van der Waals surface area (Å²) in [6.07, 6.45) is -4.35. The van der Waals surface area contributed by atoms with E-state index in [2.05, 4.69) is 5.32 Å². The molecule has 0 bridgehead atoms. The van der Waals surface area contributed by atoms with Crippen molar-refractivity contribution in [1.29, 1.82) is 0 Å². The third-order valence-electron chi connectivity index (χ3n) is 0.405. The third-order valence-corrected chi connectivity index (χ3v) is 0.405. The topological polar surface area (TPSA) is 14.1 Å². The predicted molar refractivity (Wildman–Crippen MR) is 23.3 cm³/mol. The van der Waals surface area contributed by atoms with Gasteiger partial charge in [0.2, 0.25) is 0 Å². The second kappa shape index (κ2) is 2.35. The minimum Gasteiger partial charge on any atom is -0.154 e. The van der Waals surface area contributed by atoms with E-state index in [1.807, 2.05) is 0 Å². The summed E-state index contributed by atoms with van der Waals surface area (Å²) < 4.78 is 33.4. The molecule has 1 nitrogen and oxygen atoms in total. The molecule has 0 saturated carbocycles. The zero-order valence-corrected chi connectivity index (χ0v) is 4.66. The fraction of sp³-hybridized carbons (Fsp3) is 1.00. The van der Waals surface area contributed by atoms with Crippen molar-refractivity contribution < 1.29 is 13.2 Å². The summed E-state index contributed by atoms with van der Waals surface area (Å²) in [6.45, 7) is 2.76. The Bertz CT molecular complexity index is 66.2. The molecule has 0 aromatic carbocycles. The van der Waals surface area contributed by atoms with Gasteiger partial charge in [-0.15, -0.1) is 5.32 Å². The minimum atomic E-state index is -4.35. The van der Waals surface area contributed by atoms with Crippen molar-refractivity contribution in [2.75, 3.05) is 0 Å². The second-order valence-electron chi connectivity index (χ2n) is 1.69. The van der Waals surface area contributed by atoms with Crippen LogP contribution in [0.3, 0.4) is 0 Å². The first-order valence-corrected chi connectivity index (χ1v) is 2.20. The van der Waals surface area contributed by atoms with Gasteiger partial charge in [-0.25, -0.2) is 0 Å². The Hall–Kier alpha value is -0.250. The van der Waals surface area contributed by atoms with Crippen molar-refractivity contribution in [2.24, 2.45) is 0 Å². The summed E-state index contributed by atoms with van der Waals surface area (Å²) in [5.41, 5.74) is 0. The Kier molecular flexibility index (Phi) is 2.27. The van der Waals surface area contributed by atoms with Crippen LogP contribution in [-0.2, 0) is 0 Å². The number of hydrogen-bond donors (Lipinski definition) is 0. The molecule has 49 valence electrons. The molecule has 0 aliphatic carbocycles. The zero-order valence-electron chi connectivity index (χ0n) is 4.66. The molecule has 0 heterocycles. The van der Waals surface area contributed by atoms with Crippen molar-refractivity contribution >= 4 is 0 Å². The van der Waals surface area contributed by atoms with E-state index in [9.17, 15) is 13.2 Å². The van der Waals surface area contributed by atoms with Crippen LogP contribution in [0.25, 0.3) is 0 Å². The van der Waals surface area contributed by atoms with Crippen LogP contribution in [0.15, 0.2) is 0 Å². The van der Waals surface area contributed by atoms with E-state index in [1.54, 1.807) is 0 Å². The van der Waals surface area contributed by atoms with E-state index in [0.29, 0.717) is 0 Å². The lowest BCUT2D eigenvalue weighted by Crippen LogP contribution is -2.29. The first-order valence-electron chi connectivity index (χ1n) is 2.20. The first-order chi connectivity index (χ1) is 3.42. The van der Waals surface area contributed by atoms with Crippen LogP contribution in [-0.4, -0.2) is 12.3 Å². The smallest absolute Gasteiger partial charge is 0.154 e.